The van der Waals surface area contributed by atoms with Crippen LogP contribution in [-0.2, 0) is 23.1 Å². The van der Waals surface area contributed by atoms with Crippen molar-refractivity contribution < 1.29 is 12.8 Å². The van der Waals surface area contributed by atoms with Crippen LogP contribution < -0.4 is 16.2 Å². The molecule has 0 saturated carbocycles. The second kappa shape index (κ2) is 6.17. The van der Waals surface area contributed by atoms with E-state index in [2.05, 4.69) is 10.3 Å². The summed E-state index contributed by atoms with van der Waals surface area (Å²) in [5, 5.41) is 7.87. The molecule has 21 heavy (non-hydrogen) atoms. The Kier molecular flexibility index (Phi) is 4.51. The van der Waals surface area contributed by atoms with Crippen molar-refractivity contribution in [3.05, 3.63) is 53.5 Å². The number of hydrogen-bond donors (Lipinski definition) is 3. The lowest BCUT2D eigenvalue weighted by Crippen LogP contribution is -2.12. The lowest BCUT2D eigenvalue weighted by Gasteiger charge is -2.08. The van der Waals surface area contributed by atoms with Crippen molar-refractivity contribution >= 4 is 15.8 Å². The average Bonchev–Trinajstić information content (AvgIpc) is 2.45. The maximum atomic E-state index is 13.7. The molecule has 0 atom stereocenters. The van der Waals surface area contributed by atoms with Gasteiger partial charge < -0.3 is 11.1 Å². The molecule has 0 aliphatic carbocycles. The van der Waals surface area contributed by atoms with Crippen molar-refractivity contribution in [2.75, 3.05) is 5.32 Å². The first-order valence-electron chi connectivity index (χ1n) is 6.10. The third kappa shape index (κ3) is 3.97. The summed E-state index contributed by atoms with van der Waals surface area (Å²) in [6.45, 7) is 0.500. The molecule has 0 amide bonds. The van der Waals surface area contributed by atoms with Gasteiger partial charge in [0.1, 0.15) is 16.5 Å². The molecule has 0 fully saturated rings. The van der Waals surface area contributed by atoms with E-state index in [1.54, 1.807) is 12.1 Å². The topological polar surface area (TPSA) is 111 Å². The molecule has 2 aromatic rings. The minimum absolute atomic E-state index is 0.0773. The molecule has 112 valence electrons. The van der Waals surface area contributed by atoms with Crippen LogP contribution in [0.15, 0.2) is 41.4 Å². The number of benzene rings is 1. The first-order chi connectivity index (χ1) is 9.90. The zero-order valence-corrected chi connectivity index (χ0v) is 11.9. The molecule has 0 saturated heterocycles. The summed E-state index contributed by atoms with van der Waals surface area (Å²) in [7, 11) is -3.76. The number of nitrogens with two attached hydrogens (primary N) is 2. The van der Waals surface area contributed by atoms with Crippen molar-refractivity contribution in [2.24, 2.45) is 10.9 Å². The van der Waals surface area contributed by atoms with Crippen LogP contribution in [0.3, 0.4) is 0 Å². The van der Waals surface area contributed by atoms with Crippen LogP contribution in [0.5, 0.6) is 0 Å². The Morgan fingerprint density at radius 2 is 2.00 bits per heavy atom. The molecular weight excluding hydrogens is 295 g/mol. The molecule has 2 rings (SSSR count). The zero-order valence-electron chi connectivity index (χ0n) is 11.1. The molecule has 0 unspecified atom stereocenters. The molecule has 5 N–H and O–H groups in total. The van der Waals surface area contributed by atoms with E-state index in [9.17, 15) is 12.8 Å². The highest BCUT2D eigenvalue weighted by molar-refractivity contribution is 7.89. The minimum Gasteiger partial charge on any atom is -0.366 e. The van der Waals surface area contributed by atoms with Gasteiger partial charge in [0.15, 0.2) is 0 Å². The minimum atomic E-state index is -3.76. The molecule has 0 radical (unpaired) electrons. The van der Waals surface area contributed by atoms with E-state index >= 15 is 0 Å². The van der Waals surface area contributed by atoms with Crippen molar-refractivity contribution in [1.82, 2.24) is 4.98 Å². The lowest BCUT2D eigenvalue weighted by atomic mass is 10.1. The normalized spacial score (nSPS) is 11.4. The Balaban J connectivity index is 2.06. The number of sulfonamides is 1. The zero-order chi connectivity index (χ0) is 15.5. The molecule has 1 aromatic heterocycles. The third-order valence-corrected chi connectivity index (χ3v) is 3.78. The molecule has 0 bridgehead atoms. The van der Waals surface area contributed by atoms with Crippen LogP contribution in [0, 0.1) is 5.82 Å². The first-order valence-corrected chi connectivity index (χ1v) is 7.65. The van der Waals surface area contributed by atoms with Gasteiger partial charge in [-0.05, 0) is 23.8 Å². The van der Waals surface area contributed by atoms with Crippen molar-refractivity contribution in [3.8, 4) is 0 Å². The number of nitrogens with one attached hydrogen (secondary N) is 1. The van der Waals surface area contributed by atoms with Gasteiger partial charge in [0.25, 0.3) is 0 Å². The Hall–Kier alpha value is -2.03. The number of rotatable bonds is 5. The van der Waals surface area contributed by atoms with E-state index in [0.29, 0.717) is 16.9 Å². The SMILES string of the molecule is NCc1ccc(CNc2ccc(S(N)(=O)=O)cn2)c(F)c1. The van der Waals surface area contributed by atoms with Gasteiger partial charge in [0.05, 0.1) is 0 Å². The Morgan fingerprint density at radius 3 is 2.52 bits per heavy atom. The van der Waals surface area contributed by atoms with Crippen LogP contribution in [0.25, 0.3) is 0 Å². The molecule has 0 aliphatic rings. The van der Waals surface area contributed by atoms with Gasteiger partial charge in [-0.15, -0.1) is 0 Å². The molecule has 0 aliphatic heterocycles. The number of anilines is 1. The number of aromatic nitrogens is 1. The van der Waals surface area contributed by atoms with Gasteiger partial charge in [0, 0.05) is 24.8 Å². The van der Waals surface area contributed by atoms with E-state index in [4.69, 9.17) is 10.9 Å². The van der Waals surface area contributed by atoms with Crippen molar-refractivity contribution in [1.29, 1.82) is 0 Å². The molecule has 1 heterocycles. The quantitative estimate of drug-likeness (QED) is 0.761. The Labute approximate surface area is 122 Å². The first kappa shape index (κ1) is 15.4. The maximum absolute atomic E-state index is 13.7. The van der Waals surface area contributed by atoms with E-state index in [1.807, 2.05) is 0 Å². The Bertz CT molecular complexity index is 732. The molecule has 8 heteroatoms. The number of halogens is 1. The predicted molar refractivity (Wildman–Crippen MR) is 77.2 cm³/mol. The van der Waals surface area contributed by atoms with E-state index in [1.165, 1.54) is 18.2 Å². The number of primary sulfonamides is 1. The summed E-state index contributed by atoms with van der Waals surface area (Å²) in [6.07, 6.45) is 1.14. The highest BCUT2D eigenvalue weighted by atomic mass is 32.2. The predicted octanol–water partition coefficient (Wildman–Crippen LogP) is 0.939. The van der Waals surface area contributed by atoms with Gasteiger partial charge >= 0.3 is 0 Å². The highest BCUT2D eigenvalue weighted by Crippen LogP contribution is 2.13. The maximum Gasteiger partial charge on any atom is 0.239 e. The van der Waals surface area contributed by atoms with Gasteiger partial charge in [-0.2, -0.15) is 0 Å². The van der Waals surface area contributed by atoms with E-state index in [-0.39, 0.29) is 23.8 Å². The fourth-order valence-corrected chi connectivity index (χ4v) is 2.16. The fraction of sp³-hybridized carbons (Fsp3) is 0.154. The summed E-state index contributed by atoms with van der Waals surface area (Å²) in [5.74, 6) is 0.0660. The van der Waals surface area contributed by atoms with Gasteiger partial charge in [-0.25, -0.2) is 22.9 Å². The highest BCUT2D eigenvalue weighted by Gasteiger charge is 2.08. The van der Waals surface area contributed by atoms with Gasteiger partial charge in [-0.3, -0.25) is 0 Å². The second-order valence-electron chi connectivity index (χ2n) is 4.41. The van der Waals surface area contributed by atoms with E-state index in [0.717, 1.165) is 6.20 Å². The van der Waals surface area contributed by atoms with Crippen LogP contribution in [-0.4, -0.2) is 13.4 Å². The lowest BCUT2D eigenvalue weighted by molar-refractivity contribution is 0.597. The summed E-state index contributed by atoms with van der Waals surface area (Å²) in [6, 6.07) is 7.57. The van der Waals surface area contributed by atoms with Crippen LogP contribution in [0.2, 0.25) is 0 Å². The van der Waals surface area contributed by atoms with Crippen molar-refractivity contribution in [3.63, 3.8) is 0 Å². The van der Waals surface area contributed by atoms with Crippen LogP contribution in [0.4, 0.5) is 10.2 Å². The Morgan fingerprint density at radius 1 is 1.24 bits per heavy atom. The second-order valence-corrected chi connectivity index (χ2v) is 5.97. The fourth-order valence-electron chi connectivity index (χ4n) is 1.70. The van der Waals surface area contributed by atoms with Crippen LogP contribution in [0.1, 0.15) is 11.1 Å². The molecular formula is C13H15FN4O2S. The van der Waals surface area contributed by atoms with Crippen LogP contribution >= 0.6 is 0 Å². The standard InChI is InChI=1S/C13H15FN4O2S/c14-12-5-9(6-15)1-2-10(12)7-17-13-4-3-11(8-18-13)21(16,19)20/h1-5,8H,6-7,15H2,(H,17,18)(H2,16,19,20). The average molecular weight is 310 g/mol. The van der Waals surface area contributed by atoms with Gasteiger partial charge in [-0.1, -0.05) is 12.1 Å². The number of hydrogen-bond acceptors (Lipinski definition) is 5. The summed E-state index contributed by atoms with van der Waals surface area (Å²) >= 11 is 0. The summed E-state index contributed by atoms with van der Waals surface area (Å²) in [5.41, 5.74) is 6.61. The summed E-state index contributed by atoms with van der Waals surface area (Å²) < 4.78 is 35.9. The largest absolute Gasteiger partial charge is 0.366 e. The van der Waals surface area contributed by atoms with Crippen molar-refractivity contribution in [2.45, 2.75) is 18.0 Å². The van der Waals surface area contributed by atoms with E-state index < -0.39 is 10.0 Å². The number of nitrogens with zero attached hydrogens (tertiary/aromatic N) is 1. The molecule has 0 spiro atoms. The van der Waals surface area contributed by atoms with Gasteiger partial charge in [0.2, 0.25) is 10.0 Å². The summed E-state index contributed by atoms with van der Waals surface area (Å²) in [4.78, 5) is 3.83. The molecule has 1 aromatic carbocycles. The smallest absolute Gasteiger partial charge is 0.239 e. The monoisotopic (exact) mass is 310 g/mol. The molecule has 6 nitrogen and oxygen atoms in total. The number of pyridine rings is 1. The third-order valence-electron chi connectivity index (χ3n) is 2.88.